The summed E-state index contributed by atoms with van der Waals surface area (Å²) >= 11 is 0. The van der Waals surface area contributed by atoms with Crippen molar-refractivity contribution >= 4 is 18.1 Å². The first-order valence-electron chi connectivity index (χ1n) is 12.2. The molecule has 4 aromatic carbocycles. The molecule has 0 aliphatic carbocycles. The number of ether oxygens (including phenoxy) is 5. The van der Waals surface area contributed by atoms with Crippen LogP contribution in [0.2, 0.25) is 0 Å². The maximum Gasteiger partial charge on any atom is 0.343 e. The first kappa shape index (κ1) is 27.7. The van der Waals surface area contributed by atoms with Crippen LogP contribution in [0.5, 0.6) is 28.7 Å². The number of hydrazone groups is 1. The Kier molecular flexibility index (Phi) is 9.34. The average molecular weight is 541 g/mol. The van der Waals surface area contributed by atoms with Crippen LogP contribution in [-0.2, 0) is 4.79 Å². The van der Waals surface area contributed by atoms with Gasteiger partial charge < -0.3 is 23.7 Å². The molecule has 0 aromatic heterocycles. The molecule has 0 bridgehead atoms. The van der Waals surface area contributed by atoms with E-state index in [4.69, 9.17) is 23.7 Å². The topological polar surface area (TPSA) is 105 Å². The Labute approximate surface area is 231 Å². The molecular formula is C31H28N2O7. The van der Waals surface area contributed by atoms with Crippen molar-refractivity contribution in [1.29, 1.82) is 0 Å². The van der Waals surface area contributed by atoms with E-state index in [2.05, 4.69) is 10.5 Å². The van der Waals surface area contributed by atoms with Crippen molar-refractivity contribution < 1.29 is 33.3 Å². The van der Waals surface area contributed by atoms with E-state index in [-0.39, 0.29) is 17.9 Å². The fraction of sp³-hybridized carbons (Fsp3) is 0.129. The van der Waals surface area contributed by atoms with Gasteiger partial charge in [0.1, 0.15) is 11.5 Å². The molecule has 0 spiro atoms. The lowest BCUT2D eigenvalue weighted by molar-refractivity contribution is -0.123. The molecule has 4 rings (SSSR count). The van der Waals surface area contributed by atoms with Gasteiger partial charge in [0.25, 0.3) is 5.91 Å². The van der Waals surface area contributed by atoms with Crippen LogP contribution in [0.1, 0.15) is 15.9 Å². The number of carbonyl (C=O) groups is 2. The van der Waals surface area contributed by atoms with Crippen molar-refractivity contribution in [3.8, 4) is 39.9 Å². The Hall–Kier alpha value is -5.31. The number of nitrogens with one attached hydrogen (secondary N) is 1. The van der Waals surface area contributed by atoms with Gasteiger partial charge in [0.05, 0.1) is 33.1 Å². The first-order valence-corrected chi connectivity index (χ1v) is 12.2. The van der Waals surface area contributed by atoms with E-state index in [1.807, 2.05) is 54.6 Å². The minimum Gasteiger partial charge on any atom is -0.493 e. The third-order valence-electron chi connectivity index (χ3n) is 5.70. The molecule has 1 N–H and O–H groups in total. The molecule has 0 aliphatic heterocycles. The maximum atomic E-state index is 12.8. The second kappa shape index (κ2) is 13.5. The van der Waals surface area contributed by atoms with Crippen molar-refractivity contribution in [3.05, 3.63) is 102 Å². The van der Waals surface area contributed by atoms with Crippen LogP contribution in [0.25, 0.3) is 11.1 Å². The van der Waals surface area contributed by atoms with Crippen LogP contribution in [0.3, 0.4) is 0 Å². The van der Waals surface area contributed by atoms with E-state index in [9.17, 15) is 9.59 Å². The molecule has 0 fully saturated rings. The van der Waals surface area contributed by atoms with E-state index >= 15 is 0 Å². The quantitative estimate of drug-likeness (QED) is 0.122. The number of hydrogen-bond acceptors (Lipinski definition) is 8. The minimum atomic E-state index is -0.615. The number of carbonyl (C=O) groups excluding carboxylic acids is 2. The molecule has 0 atom stereocenters. The number of benzene rings is 4. The number of hydrogen-bond donors (Lipinski definition) is 1. The van der Waals surface area contributed by atoms with Crippen molar-refractivity contribution in [1.82, 2.24) is 5.43 Å². The van der Waals surface area contributed by atoms with E-state index < -0.39 is 11.9 Å². The molecule has 4 aromatic rings. The van der Waals surface area contributed by atoms with Gasteiger partial charge in [0, 0.05) is 0 Å². The van der Waals surface area contributed by atoms with E-state index in [1.54, 1.807) is 24.3 Å². The summed E-state index contributed by atoms with van der Waals surface area (Å²) in [5.74, 6) is 0.853. The van der Waals surface area contributed by atoms with Gasteiger partial charge in [-0.05, 0) is 53.1 Å². The van der Waals surface area contributed by atoms with Gasteiger partial charge >= 0.3 is 5.97 Å². The van der Waals surface area contributed by atoms with Gasteiger partial charge in [-0.2, -0.15) is 5.10 Å². The zero-order valence-electron chi connectivity index (χ0n) is 22.2. The summed E-state index contributed by atoms with van der Waals surface area (Å²) in [4.78, 5) is 24.9. The van der Waals surface area contributed by atoms with Crippen LogP contribution in [0.15, 0.2) is 96.1 Å². The summed E-state index contributed by atoms with van der Waals surface area (Å²) in [6, 6.07) is 27.1. The lowest BCUT2D eigenvalue weighted by atomic mass is 10.1. The minimum absolute atomic E-state index is 0.200. The Morgan fingerprint density at radius 1 is 0.750 bits per heavy atom. The summed E-state index contributed by atoms with van der Waals surface area (Å²) in [5, 5.41) is 3.96. The summed E-state index contributed by atoms with van der Waals surface area (Å²) in [7, 11) is 4.40. The van der Waals surface area contributed by atoms with Gasteiger partial charge in [-0.15, -0.1) is 0 Å². The fourth-order valence-electron chi connectivity index (χ4n) is 3.76. The molecule has 0 aliphatic rings. The first-order chi connectivity index (χ1) is 19.5. The highest BCUT2D eigenvalue weighted by Gasteiger charge is 2.18. The molecule has 0 unspecified atom stereocenters. The van der Waals surface area contributed by atoms with Crippen LogP contribution >= 0.6 is 0 Å². The van der Waals surface area contributed by atoms with Gasteiger partial charge in [0.2, 0.25) is 5.75 Å². The number of methoxy groups -OCH3 is 3. The number of nitrogens with zero attached hydrogens (tertiary/aromatic N) is 1. The highest BCUT2D eigenvalue weighted by Crippen LogP contribution is 2.38. The molecule has 9 nitrogen and oxygen atoms in total. The van der Waals surface area contributed by atoms with E-state index in [1.165, 1.54) is 39.7 Å². The van der Waals surface area contributed by atoms with Crippen LogP contribution < -0.4 is 29.1 Å². The average Bonchev–Trinajstić information content (AvgIpc) is 3.00. The molecule has 0 saturated carbocycles. The predicted molar refractivity (Wildman–Crippen MR) is 151 cm³/mol. The highest BCUT2D eigenvalue weighted by atomic mass is 16.5. The monoisotopic (exact) mass is 540 g/mol. The van der Waals surface area contributed by atoms with E-state index in [0.29, 0.717) is 28.6 Å². The molecule has 40 heavy (non-hydrogen) atoms. The van der Waals surface area contributed by atoms with Gasteiger partial charge in [-0.25, -0.2) is 10.2 Å². The molecule has 204 valence electrons. The molecule has 9 heteroatoms. The Balaban J connectivity index is 1.30. The second-order valence-electron chi connectivity index (χ2n) is 8.35. The normalized spacial score (nSPS) is 10.6. The van der Waals surface area contributed by atoms with Crippen LogP contribution in [0, 0.1) is 0 Å². The number of rotatable bonds is 11. The van der Waals surface area contributed by atoms with Crippen LogP contribution in [-0.4, -0.2) is 46.0 Å². The largest absolute Gasteiger partial charge is 0.493 e. The molecule has 0 heterocycles. The smallest absolute Gasteiger partial charge is 0.343 e. The number of amides is 1. The van der Waals surface area contributed by atoms with Crippen molar-refractivity contribution in [3.63, 3.8) is 0 Å². The Bertz CT molecular complexity index is 1460. The van der Waals surface area contributed by atoms with Gasteiger partial charge in [-0.1, -0.05) is 54.6 Å². The number of esters is 1. The third-order valence-corrected chi connectivity index (χ3v) is 5.70. The zero-order chi connectivity index (χ0) is 28.3. The van der Waals surface area contributed by atoms with Crippen molar-refractivity contribution in [2.45, 2.75) is 0 Å². The molecule has 1 amide bonds. The predicted octanol–water partition coefficient (Wildman–Crippen LogP) is 5.13. The molecule has 0 radical (unpaired) electrons. The summed E-state index contributed by atoms with van der Waals surface area (Å²) < 4.78 is 26.9. The van der Waals surface area contributed by atoms with Gasteiger partial charge in [-0.3, -0.25) is 4.79 Å². The Morgan fingerprint density at radius 3 is 2.08 bits per heavy atom. The standard InChI is InChI=1S/C31H28N2O7/c1-36-27-17-24(18-28(37-2)30(27)38-3)31(35)40-26-11-7-8-21(16-26)19-32-33-29(34)20-39-25-14-12-23(13-15-25)22-9-5-4-6-10-22/h4-19H,20H2,1-3H3,(H,33,34)/b32-19+. The third kappa shape index (κ3) is 7.16. The second-order valence-corrected chi connectivity index (χ2v) is 8.35. The highest BCUT2D eigenvalue weighted by molar-refractivity contribution is 5.93. The fourth-order valence-corrected chi connectivity index (χ4v) is 3.76. The Morgan fingerprint density at radius 2 is 1.43 bits per heavy atom. The molecular weight excluding hydrogens is 512 g/mol. The van der Waals surface area contributed by atoms with Crippen LogP contribution in [0.4, 0.5) is 0 Å². The van der Waals surface area contributed by atoms with Gasteiger partial charge in [0.15, 0.2) is 18.1 Å². The van der Waals surface area contributed by atoms with Crippen molar-refractivity contribution in [2.75, 3.05) is 27.9 Å². The van der Waals surface area contributed by atoms with E-state index in [0.717, 1.165) is 11.1 Å². The lowest BCUT2D eigenvalue weighted by Gasteiger charge is -2.13. The maximum absolute atomic E-state index is 12.8. The summed E-state index contributed by atoms with van der Waals surface area (Å²) in [5.41, 5.74) is 5.39. The summed E-state index contributed by atoms with van der Waals surface area (Å²) in [6.45, 7) is -0.200. The lowest BCUT2D eigenvalue weighted by Crippen LogP contribution is -2.24. The molecule has 0 saturated heterocycles. The SMILES string of the molecule is COc1cc(C(=O)Oc2cccc(/C=N/NC(=O)COc3ccc(-c4ccccc4)cc3)c2)cc(OC)c1OC. The summed E-state index contributed by atoms with van der Waals surface area (Å²) in [6.07, 6.45) is 1.43. The zero-order valence-corrected chi connectivity index (χ0v) is 22.2. The van der Waals surface area contributed by atoms with Crippen molar-refractivity contribution in [2.24, 2.45) is 5.10 Å².